The molecule has 2 aromatic carbocycles. The second-order valence-corrected chi connectivity index (χ2v) is 7.88. The average molecular weight is 433 g/mol. The molecule has 0 radical (unpaired) electrons. The zero-order valence-corrected chi connectivity index (χ0v) is 17.4. The molecule has 28 heavy (non-hydrogen) atoms. The fourth-order valence-corrected chi connectivity index (χ4v) is 3.95. The van der Waals surface area contributed by atoms with E-state index in [1.165, 1.54) is 16.7 Å². The lowest BCUT2D eigenvalue weighted by Gasteiger charge is -2.14. The summed E-state index contributed by atoms with van der Waals surface area (Å²) in [4.78, 5) is 26.7. The van der Waals surface area contributed by atoms with E-state index in [-0.39, 0.29) is 18.4 Å². The van der Waals surface area contributed by atoms with E-state index in [9.17, 15) is 9.59 Å². The van der Waals surface area contributed by atoms with Crippen molar-refractivity contribution in [2.45, 2.75) is 6.92 Å². The Morgan fingerprint density at radius 3 is 2.64 bits per heavy atom. The van der Waals surface area contributed by atoms with Gasteiger partial charge in [-0.25, -0.2) is 0 Å². The van der Waals surface area contributed by atoms with Gasteiger partial charge in [-0.2, -0.15) is 0 Å². The predicted octanol–water partition coefficient (Wildman–Crippen LogP) is 4.58. The third-order valence-corrected chi connectivity index (χ3v) is 5.52. The fraction of sp³-hybridized carbons (Fsp3) is 0.150. The van der Waals surface area contributed by atoms with Crippen molar-refractivity contribution in [2.75, 3.05) is 18.5 Å². The van der Waals surface area contributed by atoms with Gasteiger partial charge in [-0.1, -0.05) is 59.8 Å². The summed E-state index contributed by atoms with van der Waals surface area (Å²) in [7, 11) is 0. The van der Waals surface area contributed by atoms with Crippen molar-refractivity contribution in [2.24, 2.45) is 0 Å². The number of hydrogen-bond acceptors (Lipinski definition) is 5. The third-order valence-electron chi connectivity index (χ3n) is 3.81. The molecule has 1 aliphatic heterocycles. The monoisotopic (exact) mass is 432 g/mol. The number of rotatable bonds is 6. The van der Waals surface area contributed by atoms with Gasteiger partial charge in [-0.3, -0.25) is 14.5 Å². The summed E-state index contributed by atoms with van der Waals surface area (Å²) < 4.78 is 5.76. The van der Waals surface area contributed by atoms with Crippen molar-refractivity contribution in [3.05, 3.63) is 64.0 Å². The Bertz CT molecular complexity index is 945. The van der Waals surface area contributed by atoms with E-state index in [0.29, 0.717) is 26.5 Å². The lowest BCUT2D eigenvalue weighted by molar-refractivity contribution is -0.126. The molecule has 1 N–H and O–H groups in total. The van der Waals surface area contributed by atoms with Crippen LogP contribution in [0.3, 0.4) is 0 Å². The summed E-state index contributed by atoms with van der Waals surface area (Å²) in [5, 5.41) is 3.12. The van der Waals surface area contributed by atoms with Crippen LogP contribution in [0.1, 0.15) is 12.5 Å². The molecule has 0 aromatic heterocycles. The van der Waals surface area contributed by atoms with Crippen LogP contribution in [0.4, 0.5) is 5.69 Å². The zero-order valence-electron chi connectivity index (χ0n) is 15.0. The summed E-state index contributed by atoms with van der Waals surface area (Å²) in [6, 6.07) is 14.3. The van der Waals surface area contributed by atoms with Gasteiger partial charge in [-0.05, 0) is 42.8 Å². The molecular formula is C20H17ClN2O3S2. The number of benzene rings is 2. The molecule has 1 heterocycles. The van der Waals surface area contributed by atoms with E-state index in [2.05, 4.69) is 5.32 Å². The molecule has 2 aromatic rings. The van der Waals surface area contributed by atoms with Gasteiger partial charge in [0.2, 0.25) is 5.91 Å². The number of para-hydroxylation sites is 1. The van der Waals surface area contributed by atoms with Crippen molar-refractivity contribution >= 4 is 63.5 Å². The maximum Gasteiger partial charge on any atom is 0.266 e. The second-order valence-electron chi connectivity index (χ2n) is 5.80. The quantitative estimate of drug-likeness (QED) is 0.535. The van der Waals surface area contributed by atoms with Crippen LogP contribution in [-0.4, -0.2) is 34.2 Å². The summed E-state index contributed by atoms with van der Waals surface area (Å²) >= 11 is 12.5. The van der Waals surface area contributed by atoms with Gasteiger partial charge >= 0.3 is 0 Å². The van der Waals surface area contributed by atoms with E-state index < -0.39 is 0 Å². The molecule has 3 rings (SSSR count). The molecular weight excluding hydrogens is 416 g/mol. The number of hydrogen-bond donors (Lipinski definition) is 1. The molecule has 0 unspecified atom stereocenters. The molecule has 5 nitrogen and oxygen atoms in total. The number of carbonyl (C=O) groups excluding carboxylic acids is 2. The Morgan fingerprint density at radius 2 is 1.96 bits per heavy atom. The van der Waals surface area contributed by atoms with Crippen molar-refractivity contribution in [1.82, 2.24) is 4.90 Å². The molecule has 144 valence electrons. The van der Waals surface area contributed by atoms with E-state index >= 15 is 0 Å². The lowest BCUT2D eigenvalue weighted by Crippen LogP contribution is -2.36. The van der Waals surface area contributed by atoms with Crippen LogP contribution in [0.2, 0.25) is 5.02 Å². The predicted molar refractivity (Wildman–Crippen MR) is 118 cm³/mol. The molecule has 1 fully saturated rings. The Hall–Kier alpha value is -2.35. The number of amides is 2. The molecule has 0 aliphatic carbocycles. The van der Waals surface area contributed by atoms with Crippen LogP contribution in [-0.2, 0) is 9.59 Å². The second kappa shape index (κ2) is 9.23. The number of thiocarbonyl (C=S) groups is 1. The Kier molecular flexibility index (Phi) is 6.72. The van der Waals surface area contributed by atoms with Gasteiger partial charge in [0, 0.05) is 0 Å². The van der Waals surface area contributed by atoms with Crippen LogP contribution < -0.4 is 10.1 Å². The average Bonchev–Trinajstić information content (AvgIpc) is 2.93. The number of carbonyl (C=O) groups is 2. The molecule has 1 saturated heterocycles. The fourth-order valence-electron chi connectivity index (χ4n) is 2.51. The highest BCUT2D eigenvalue weighted by atomic mass is 35.5. The number of nitrogens with zero attached hydrogens (tertiary/aromatic N) is 1. The summed E-state index contributed by atoms with van der Waals surface area (Å²) in [6.07, 6.45) is 1.75. The minimum Gasteiger partial charge on any atom is -0.494 e. The Morgan fingerprint density at radius 1 is 1.25 bits per heavy atom. The minimum atomic E-state index is -0.369. The molecule has 1 aliphatic rings. The molecule has 0 atom stereocenters. The van der Waals surface area contributed by atoms with Gasteiger partial charge in [-0.15, -0.1) is 0 Å². The van der Waals surface area contributed by atoms with Crippen molar-refractivity contribution in [3.63, 3.8) is 0 Å². The van der Waals surface area contributed by atoms with Crippen molar-refractivity contribution in [1.29, 1.82) is 0 Å². The normalized spacial score (nSPS) is 15.2. The first-order valence-corrected chi connectivity index (χ1v) is 10.1. The van der Waals surface area contributed by atoms with Crippen molar-refractivity contribution < 1.29 is 14.3 Å². The number of nitrogens with one attached hydrogen (secondary N) is 1. The zero-order chi connectivity index (χ0) is 20.1. The largest absolute Gasteiger partial charge is 0.494 e. The first kappa shape index (κ1) is 20.4. The molecule has 0 saturated carbocycles. The highest BCUT2D eigenvalue weighted by Crippen LogP contribution is 2.32. The van der Waals surface area contributed by atoms with Gasteiger partial charge < -0.3 is 10.1 Å². The van der Waals surface area contributed by atoms with Crippen LogP contribution in [0.5, 0.6) is 5.75 Å². The maximum atomic E-state index is 12.7. The van der Waals surface area contributed by atoms with Gasteiger partial charge in [0.25, 0.3) is 5.91 Å². The Balaban J connectivity index is 1.67. The summed E-state index contributed by atoms with van der Waals surface area (Å²) in [6.45, 7) is 2.34. The first-order valence-electron chi connectivity index (χ1n) is 8.50. The first-order chi connectivity index (χ1) is 13.5. The van der Waals surface area contributed by atoms with E-state index in [1.54, 1.807) is 30.3 Å². The molecule has 2 amide bonds. The standard InChI is InChI=1S/C20H17ClN2O3S2/c1-2-26-14-9-7-13(8-10-14)11-17-19(25)23(20(27)28-17)12-18(24)22-16-6-4-3-5-15(16)21/h3-11H,2,12H2,1H3,(H,22,24). The van der Waals surface area contributed by atoms with Crippen LogP contribution in [0.15, 0.2) is 53.4 Å². The number of ether oxygens (including phenoxy) is 1. The van der Waals surface area contributed by atoms with Gasteiger partial charge in [0.15, 0.2) is 0 Å². The van der Waals surface area contributed by atoms with Crippen LogP contribution in [0, 0.1) is 0 Å². The van der Waals surface area contributed by atoms with Gasteiger partial charge in [0.05, 0.1) is 22.2 Å². The van der Waals surface area contributed by atoms with Crippen LogP contribution in [0.25, 0.3) is 6.08 Å². The molecule has 8 heteroatoms. The lowest BCUT2D eigenvalue weighted by atomic mass is 10.2. The van der Waals surface area contributed by atoms with E-state index in [0.717, 1.165) is 11.3 Å². The molecule has 0 spiro atoms. The molecule has 0 bridgehead atoms. The smallest absolute Gasteiger partial charge is 0.266 e. The highest BCUT2D eigenvalue weighted by Gasteiger charge is 2.33. The number of halogens is 1. The van der Waals surface area contributed by atoms with Crippen LogP contribution >= 0.6 is 35.6 Å². The summed E-state index contributed by atoms with van der Waals surface area (Å²) in [5.41, 5.74) is 1.34. The van der Waals surface area contributed by atoms with Gasteiger partial charge in [0.1, 0.15) is 16.6 Å². The topological polar surface area (TPSA) is 58.6 Å². The Labute approximate surface area is 177 Å². The SMILES string of the molecule is CCOc1ccc(C=C2SC(=S)N(CC(=O)Nc3ccccc3Cl)C2=O)cc1. The van der Waals surface area contributed by atoms with Crippen molar-refractivity contribution in [3.8, 4) is 5.75 Å². The van der Waals surface area contributed by atoms with E-state index in [1.807, 2.05) is 31.2 Å². The number of thioether (sulfide) groups is 1. The summed E-state index contributed by atoms with van der Waals surface area (Å²) in [5.74, 6) is 0.105. The third kappa shape index (κ3) is 4.92. The van der Waals surface area contributed by atoms with E-state index in [4.69, 9.17) is 28.6 Å². The number of anilines is 1. The maximum absolute atomic E-state index is 12.7. The highest BCUT2D eigenvalue weighted by molar-refractivity contribution is 8.26. The minimum absolute atomic E-state index is 0.170.